The molecule has 1 aliphatic rings. The number of carbonyl (C=O) groups is 5. The van der Waals surface area contributed by atoms with Gasteiger partial charge in [0.1, 0.15) is 30.0 Å². The lowest BCUT2D eigenvalue weighted by molar-refractivity contribution is -0.154. The van der Waals surface area contributed by atoms with E-state index in [1.165, 1.54) is 26.0 Å². The largest absolute Gasteiger partial charge is 0.489 e. The van der Waals surface area contributed by atoms with Crippen LogP contribution in [0.15, 0.2) is 121 Å². The van der Waals surface area contributed by atoms with Crippen molar-refractivity contribution in [3.8, 4) is 34.5 Å². The molecule has 6 rings (SSSR count). The van der Waals surface area contributed by atoms with Crippen molar-refractivity contribution in [3.63, 3.8) is 0 Å². The minimum Gasteiger partial charge on any atom is -0.489 e. The van der Waals surface area contributed by atoms with Crippen molar-refractivity contribution >= 4 is 35.5 Å². The number of aliphatic carboxylic acids is 2. The van der Waals surface area contributed by atoms with Crippen molar-refractivity contribution in [1.82, 2.24) is 0 Å². The van der Waals surface area contributed by atoms with Crippen LogP contribution in [0.4, 0.5) is 10.1 Å². The second-order valence-corrected chi connectivity index (χ2v) is 13.9. The van der Waals surface area contributed by atoms with Crippen molar-refractivity contribution in [2.45, 2.75) is 51.9 Å². The first kappa shape index (κ1) is 41.4. The van der Waals surface area contributed by atoms with Gasteiger partial charge in [-0.2, -0.15) is 0 Å². The fourth-order valence-electron chi connectivity index (χ4n) is 6.92. The number of nitrogens with zero attached hydrogens (tertiary/aromatic N) is 1. The molecule has 5 aromatic carbocycles. The molecule has 1 fully saturated rings. The normalized spacial score (nSPS) is 15.0. The molecule has 11 nitrogen and oxygen atoms in total. The third-order valence-corrected chi connectivity index (χ3v) is 9.80. The Kier molecular flexibility index (Phi) is 13.2. The number of amides is 1. The topological polar surface area (TPSA) is 157 Å². The lowest BCUT2D eigenvalue weighted by atomic mass is 9.77. The van der Waals surface area contributed by atoms with E-state index in [4.69, 9.17) is 24.4 Å². The maximum atomic E-state index is 14.2. The summed E-state index contributed by atoms with van der Waals surface area (Å²) in [5.74, 6) is -0.392. The smallest absolute Gasteiger partial charge is 0.318 e. The van der Waals surface area contributed by atoms with Gasteiger partial charge < -0.3 is 29.3 Å². The van der Waals surface area contributed by atoms with E-state index in [9.17, 15) is 28.4 Å². The SMILES string of the molecule is CC(=O)Oc1ccc(N2C(=O)[C@H](CC[C@H](OC(C)=O)c3ccc(F)cc3)[C@H]2c2ccc(-c3ccc(C#CCC(C(=O)O)C(=O)O)cc3)cc2OCc2ccccc2)cc1. The molecule has 1 heterocycles. The van der Waals surface area contributed by atoms with Crippen molar-refractivity contribution in [2.75, 3.05) is 4.90 Å². The van der Waals surface area contributed by atoms with E-state index in [1.54, 1.807) is 53.4 Å². The van der Waals surface area contributed by atoms with E-state index >= 15 is 0 Å². The highest BCUT2D eigenvalue weighted by molar-refractivity contribution is 6.03. The summed E-state index contributed by atoms with van der Waals surface area (Å²) in [6.07, 6.45) is -0.482. The van der Waals surface area contributed by atoms with Gasteiger partial charge >= 0.3 is 23.9 Å². The first-order chi connectivity index (χ1) is 28.4. The lowest BCUT2D eigenvalue weighted by Crippen LogP contribution is -2.55. The molecule has 1 saturated heterocycles. The van der Waals surface area contributed by atoms with Crippen molar-refractivity contribution in [1.29, 1.82) is 0 Å². The van der Waals surface area contributed by atoms with Crippen LogP contribution < -0.4 is 14.4 Å². The van der Waals surface area contributed by atoms with Crippen molar-refractivity contribution in [3.05, 3.63) is 149 Å². The Morgan fingerprint density at radius 1 is 0.797 bits per heavy atom. The molecule has 1 aliphatic heterocycles. The first-order valence-corrected chi connectivity index (χ1v) is 18.8. The molecule has 2 N–H and O–H groups in total. The van der Waals surface area contributed by atoms with Crippen LogP contribution in [0.25, 0.3) is 11.1 Å². The molecule has 0 radical (unpaired) electrons. The molecule has 0 aliphatic carbocycles. The van der Waals surface area contributed by atoms with Crippen LogP contribution in [-0.2, 0) is 35.3 Å². The maximum Gasteiger partial charge on any atom is 0.318 e. The number of ether oxygens (including phenoxy) is 3. The fraction of sp³-hybridized carbons (Fsp3) is 0.213. The van der Waals surface area contributed by atoms with Crippen LogP contribution in [-0.4, -0.2) is 40.0 Å². The number of halogens is 1. The van der Waals surface area contributed by atoms with Gasteiger partial charge in [0.2, 0.25) is 5.91 Å². The third kappa shape index (κ3) is 10.4. The number of carboxylic acid groups (broad SMARTS) is 2. The number of rotatable bonds is 15. The Labute approximate surface area is 340 Å². The number of β-lactam (4-membered cyclic amide) rings is 1. The van der Waals surface area contributed by atoms with E-state index in [-0.39, 0.29) is 25.4 Å². The monoisotopic (exact) mass is 797 g/mol. The minimum atomic E-state index is -1.62. The standard InChI is InChI=1S/C47H40FNO10/c1-29(50)58-38-22-20-37(21-23-38)49-44(40(45(49)52)25-26-42(59-30(2)51)34-15-18-36(48)19-16-34)39-24-17-35(27-43(39)57-28-32-7-4-3-5-8-32)33-13-11-31(12-14-33)9-6-10-41(46(53)54)47(55)56/h3-5,7-8,11-24,27,40-42,44H,10,25-26,28H2,1-2H3,(H,53,54)(H,55,56)/t40-,42+,44-/m1/s1. The highest BCUT2D eigenvalue weighted by atomic mass is 19.1. The molecule has 0 bridgehead atoms. The summed E-state index contributed by atoms with van der Waals surface area (Å²) < 4.78 is 31.3. The Bertz CT molecular complexity index is 2370. The average molecular weight is 798 g/mol. The number of hydrogen-bond acceptors (Lipinski definition) is 8. The molecule has 3 atom stereocenters. The summed E-state index contributed by atoms with van der Waals surface area (Å²) in [6, 6.07) is 34.3. The maximum absolute atomic E-state index is 14.2. The van der Waals surface area contributed by atoms with Gasteiger partial charge in [0.25, 0.3) is 0 Å². The summed E-state index contributed by atoms with van der Waals surface area (Å²) in [7, 11) is 0. The highest BCUT2D eigenvalue weighted by Gasteiger charge is 2.50. The van der Waals surface area contributed by atoms with Crippen LogP contribution in [0.2, 0.25) is 0 Å². The highest BCUT2D eigenvalue weighted by Crippen LogP contribution is 2.50. The van der Waals surface area contributed by atoms with Crippen molar-refractivity contribution < 1.29 is 52.8 Å². The second-order valence-electron chi connectivity index (χ2n) is 13.9. The molecule has 300 valence electrons. The number of carbonyl (C=O) groups excluding carboxylic acids is 3. The predicted molar refractivity (Wildman–Crippen MR) is 215 cm³/mol. The van der Waals surface area contributed by atoms with Gasteiger partial charge in [-0.15, -0.1) is 0 Å². The Morgan fingerprint density at radius 3 is 2.08 bits per heavy atom. The summed E-state index contributed by atoms with van der Waals surface area (Å²) in [4.78, 5) is 62.1. The number of esters is 2. The fourth-order valence-corrected chi connectivity index (χ4v) is 6.92. The average Bonchev–Trinajstić information content (AvgIpc) is 3.21. The zero-order valence-electron chi connectivity index (χ0n) is 32.2. The van der Waals surface area contributed by atoms with Crippen LogP contribution in [0, 0.1) is 29.5 Å². The van der Waals surface area contributed by atoms with Gasteiger partial charge in [0.15, 0.2) is 5.92 Å². The van der Waals surface area contributed by atoms with Gasteiger partial charge in [0, 0.05) is 37.1 Å². The van der Waals surface area contributed by atoms with Gasteiger partial charge in [-0.1, -0.05) is 78.6 Å². The molecule has 12 heteroatoms. The Balaban J connectivity index is 1.35. The van der Waals surface area contributed by atoms with Gasteiger partial charge in [0.05, 0.1) is 12.0 Å². The first-order valence-electron chi connectivity index (χ1n) is 18.8. The Morgan fingerprint density at radius 2 is 1.46 bits per heavy atom. The lowest BCUT2D eigenvalue weighted by Gasteiger charge is -2.48. The van der Waals surface area contributed by atoms with E-state index in [0.717, 1.165) is 22.3 Å². The minimum absolute atomic E-state index is 0.177. The molecule has 0 saturated carbocycles. The summed E-state index contributed by atoms with van der Waals surface area (Å²) >= 11 is 0. The number of carboxylic acids is 2. The molecular weight excluding hydrogens is 758 g/mol. The van der Waals surface area contributed by atoms with E-state index in [0.29, 0.717) is 34.7 Å². The third-order valence-electron chi connectivity index (χ3n) is 9.80. The van der Waals surface area contributed by atoms with E-state index in [1.807, 2.05) is 60.7 Å². The molecular formula is C47H40FNO10. The number of benzene rings is 5. The molecule has 59 heavy (non-hydrogen) atoms. The number of anilines is 1. The molecule has 0 unspecified atom stereocenters. The Hall–Kier alpha value is -7.26. The molecule has 5 aromatic rings. The van der Waals surface area contributed by atoms with Gasteiger partial charge in [-0.3, -0.25) is 24.0 Å². The summed E-state index contributed by atoms with van der Waals surface area (Å²) in [6.45, 7) is 2.82. The van der Waals surface area contributed by atoms with E-state index < -0.39 is 53.7 Å². The van der Waals surface area contributed by atoms with Crippen LogP contribution in [0.5, 0.6) is 11.5 Å². The second kappa shape index (κ2) is 18.8. The summed E-state index contributed by atoms with van der Waals surface area (Å²) in [5.41, 5.74) is 4.97. The quantitative estimate of drug-likeness (QED) is 0.0347. The molecule has 0 spiro atoms. The molecule has 1 amide bonds. The zero-order valence-corrected chi connectivity index (χ0v) is 32.2. The van der Waals surface area contributed by atoms with Gasteiger partial charge in [-0.05, 0) is 89.7 Å². The summed E-state index contributed by atoms with van der Waals surface area (Å²) in [5, 5.41) is 18.3. The van der Waals surface area contributed by atoms with Crippen LogP contribution in [0.1, 0.15) is 67.5 Å². The predicted octanol–water partition coefficient (Wildman–Crippen LogP) is 8.31. The number of hydrogen-bond donors (Lipinski definition) is 2. The van der Waals surface area contributed by atoms with Crippen molar-refractivity contribution in [2.24, 2.45) is 11.8 Å². The molecule has 0 aromatic heterocycles. The van der Waals surface area contributed by atoms with Crippen LogP contribution in [0.3, 0.4) is 0 Å². The van der Waals surface area contributed by atoms with E-state index in [2.05, 4.69) is 11.8 Å². The zero-order chi connectivity index (χ0) is 42.1. The van der Waals surface area contributed by atoms with Gasteiger partial charge in [-0.25, -0.2) is 4.39 Å². The van der Waals surface area contributed by atoms with Crippen LogP contribution >= 0.6 is 0 Å².